The van der Waals surface area contributed by atoms with Gasteiger partial charge in [0.15, 0.2) is 0 Å². The number of hydrogen-bond donors (Lipinski definition) is 2. The third-order valence-electron chi connectivity index (χ3n) is 2.76. The Hall–Kier alpha value is -1.13. The van der Waals surface area contributed by atoms with Crippen molar-refractivity contribution in [3.8, 4) is 5.75 Å². The van der Waals surface area contributed by atoms with Crippen LogP contribution in [-0.4, -0.2) is 22.9 Å². The second kappa shape index (κ2) is 6.35. The fraction of sp³-hybridized carbons (Fsp3) is 0.600. The minimum absolute atomic E-state index is 0.0275. The average Bonchev–Trinajstić information content (AvgIpc) is 2.24. The summed E-state index contributed by atoms with van der Waals surface area (Å²) in [5.41, 5.74) is 0.794. The second-order valence-corrected chi connectivity index (χ2v) is 5.96. The van der Waals surface area contributed by atoms with Crippen LogP contribution >= 0.6 is 0 Å². The van der Waals surface area contributed by atoms with E-state index in [4.69, 9.17) is 4.74 Å². The molecule has 108 valence electrons. The van der Waals surface area contributed by atoms with Crippen LogP contribution in [0.5, 0.6) is 5.75 Å². The zero-order valence-electron chi connectivity index (χ0n) is 12.3. The zero-order valence-corrected chi connectivity index (χ0v) is 12.3. The predicted octanol–water partition coefficient (Wildman–Crippen LogP) is 2.86. The second-order valence-electron chi connectivity index (χ2n) is 5.96. The van der Waals surface area contributed by atoms with Crippen LogP contribution in [0.3, 0.4) is 0 Å². The average molecular weight is 269 g/mol. The Morgan fingerprint density at radius 2 is 1.89 bits per heavy atom. The fourth-order valence-electron chi connectivity index (χ4n) is 1.47. The maximum Gasteiger partial charge on any atom is 0.127 e. The SMILES string of the molecule is CC(O)C(C)Oc1cc(F)cc(CNC(C)(C)C)c1. The molecule has 0 fully saturated rings. The van der Waals surface area contributed by atoms with Gasteiger partial charge in [0.2, 0.25) is 0 Å². The van der Waals surface area contributed by atoms with Crippen molar-refractivity contribution in [2.24, 2.45) is 0 Å². The van der Waals surface area contributed by atoms with Gasteiger partial charge in [-0.15, -0.1) is 0 Å². The molecular weight excluding hydrogens is 245 g/mol. The quantitative estimate of drug-likeness (QED) is 0.863. The van der Waals surface area contributed by atoms with Gasteiger partial charge in [-0.3, -0.25) is 0 Å². The Labute approximate surface area is 114 Å². The molecule has 0 saturated carbocycles. The van der Waals surface area contributed by atoms with E-state index in [9.17, 15) is 9.50 Å². The highest BCUT2D eigenvalue weighted by Gasteiger charge is 2.13. The molecule has 0 amide bonds. The maximum absolute atomic E-state index is 13.5. The lowest BCUT2D eigenvalue weighted by Crippen LogP contribution is -2.35. The molecule has 1 rings (SSSR count). The van der Waals surface area contributed by atoms with E-state index in [2.05, 4.69) is 26.1 Å². The summed E-state index contributed by atoms with van der Waals surface area (Å²) in [4.78, 5) is 0. The number of nitrogens with one attached hydrogen (secondary N) is 1. The number of ether oxygens (including phenoxy) is 1. The number of aliphatic hydroxyl groups excluding tert-OH is 1. The summed E-state index contributed by atoms with van der Waals surface area (Å²) < 4.78 is 19.0. The van der Waals surface area contributed by atoms with Gasteiger partial charge in [0, 0.05) is 18.2 Å². The highest BCUT2D eigenvalue weighted by molar-refractivity contribution is 5.30. The van der Waals surface area contributed by atoms with Crippen molar-refractivity contribution in [2.45, 2.75) is 58.9 Å². The molecule has 1 aromatic carbocycles. The molecule has 0 spiro atoms. The predicted molar refractivity (Wildman–Crippen MR) is 74.8 cm³/mol. The number of halogens is 1. The minimum atomic E-state index is -0.598. The smallest absolute Gasteiger partial charge is 0.127 e. The van der Waals surface area contributed by atoms with Crippen LogP contribution in [0.2, 0.25) is 0 Å². The van der Waals surface area contributed by atoms with Gasteiger partial charge < -0.3 is 15.2 Å². The zero-order chi connectivity index (χ0) is 14.6. The Bertz CT molecular complexity index is 413. The third-order valence-corrected chi connectivity index (χ3v) is 2.76. The van der Waals surface area contributed by atoms with Crippen LogP contribution in [0.25, 0.3) is 0 Å². The van der Waals surface area contributed by atoms with E-state index in [1.165, 1.54) is 12.1 Å². The topological polar surface area (TPSA) is 41.5 Å². The molecule has 2 atom stereocenters. The first-order valence-corrected chi connectivity index (χ1v) is 6.56. The summed E-state index contributed by atoms with van der Waals surface area (Å²) in [6.45, 7) is 10.1. The lowest BCUT2D eigenvalue weighted by atomic mass is 10.1. The normalized spacial score (nSPS) is 15.1. The van der Waals surface area contributed by atoms with E-state index in [-0.39, 0.29) is 17.5 Å². The molecule has 4 heteroatoms. The Morgan fingerprint density at radius 1 is 1.26 bits per heavy atom. The lowest BCUT2D eigenvalue weighted by molar-refractivity contribution is 0.0602. The summed E-state index contributed by atoms with van der Waals surface area (Å²) >= 11 is 0. The van der Waals surface area contributed by atoms with Crippen molar-refractivity contribution in [1.29, 1.82) is 0 Å². The number of benzene rings is 1. The molecule has 3 nitrogen and oxygen atoms in total. The van der Waals surface area contributed by atoms with Gasteiger partial charge in [0.1, 0.15) is 17.7 Å². The fourth-order valence-corrected chi connectivity index (χ4v) is 1.47. The van der Waals surface area contributed by atoms with Gasteiger partial charge in [0.05, 0.1) is 6.10 Å². The van der Waals surface area contributed by atoms with Crippen LogP contribution in [-0.2, 0) is 6.54 Å². The standard InChI is InChI=1S/C15H24FNO2/c1-10(18)11(2)19-14-7-12(6-13(16)8-14)9-17-15(3,4)5/h6-8,10-11,17-18H,9H2,1-5H3. The van der Waals surface area contributed by atoms with Crippen molar-refractivity contribution < 1.29 is 14.2 Å². The van der Waals surface area contributed by atoms with Gasteiger partial charge in [-0.25, -0.2) is 4.39 Å². The Kier molecular flexibility index (Phi) is 5.32. The first kappa shape index (κ1) is 15.9. The van der Waals surface area contributed by atoms with Gasteiger partial charge in [-0.2, -0.15) is 0 Å². The molecule has 0 heterocycles. The van der Waals surface area contributed by atoms with Crippen LogP contribution in [0.4, 0.5) is 4.39 Å². The van der Waals surface area contributed by atoms with Gasteiger partial charge in [-0.05, 0) is 52.3 Å². The van der Waals surface area contributed by atoms with Crippen molar-refractivity contribution in [3.63, 3.8) is 0 Å². The van der Waals surface area contributed by atoms with Gasteiger partial charge in [0.25, 0.3) is 0 Å². The molecule has 19 heavy (non-hydrogen) atoms. The first-order chi connectivity index (χ1) is 8.67. The number of aliphatic hydroxyl groups is 1. The molecule has 2 N–H and O–H groups in total. The maximum atomic E-state index is 13.5. The minimum Gasteiger partial charge on any atom is -0.488 e. The Balaban J connectivity index is 2.76. The molecule has 0 aliphatic rings. The van der Waals surface area contributed by atoms with E-state index in [1.807, 2.05) is 0 Å². The Morgan fingerprint density at radius 3 is 2.42 bits per heavy atom. The summed E-state index contributed by atoms with van der Waals surface area (Å²) in [5, 5.41) is 12.7. The van der Waals surface area contributed by atoms with Crippen LogP contribution < -0.4 is 10.1 Å². The van der Waals surface area contributed by atoms with E-state index < -0.39 is 6.10 Å². The number of hydrogen-bond acceptors (Lipinski definition) is 3. The highest BCUT2D eigenvalue weighted by atomic mass is 19.1. The lowest BCUT2D eigenvalue weighted by Gasteiger charge is -2.21. The molecule has 0 saturated heterocycles. The van der Waals surface area contributed by atoms with Gasteiger partial charge in [-0.1, -0.05) is 0 Å². The molecule has 0 aliphatic heterocycles. The van der Waals surface area contributed by atoms with Crippen molar-refractivity contribution in [1.82, 2.24) is 5.32 Å². The summed E-state index contributed by atoms with van der Waals surface area (Å²) in [5.74, 6) is 0.111. The van der Waals surface area contributed by atoms with Crippen LogP contribution in [0, 0.1) is 5.82 Å². The summed E-state index contributed by atoms with van der Waals surface area (Å²) in [6, 6.07) is 4.61. The molecule has 0 radical (unpaired) electrons. The van der Waals surface area contributed by atoms with E-state index in [1.54, 1.807) is 19.9 Å². The largest absolute Gasteiger partial charge is 0.488 e. The molecule has 0 bridgehead atoms. The third kappa shape index (κ3) is 6.03. The van der Waals surface area contributed by atoms with Crippen LogP contribution in [0.1, 0.15) is 40.2 Å². The van der Waals surface area contributed by atoms with Crippen molar-refractivity contribution in [2.75, 3.05) is 0 Å². The molecule has 2 unspecified atom stereocenters. The highest BCUT2D eigenvalue weighted by Crippen LogP contribution is 2.19. The molecule has 0 aliphatic carbocycles. The van der Waals surface area contributed by atoms with E-state index >= 15 is 0 Å². The summed E-state index contributed by atoms with van der Waals surface area (Å²) in [6.07, 6.45) is -0.968. The van der Waals surface area contributed by atoms with Crippen molar-refractivity contribution >= 4 is 0 Å². The van der Waals surface area contributed by atoms with Crippen molar-refractivity contribution in [3.05, 3.63) is 29.6 Å². The molecule has 0 aromatic heterocycles. The number of rotatable bonds is 5. The van der Waals surface area contributed by atoms with E-state index in [0.29, 0.717) is 12.3 Å². The summed E-state index contributed by atoms with van der Waals surface area (Å²) in [7, 11) is 0. The monoisotopic (exact) mass is 269 g/mol. The van der Waals surface area contributed by atoms with Gasteiger partial charge >= 0.3 is 0 Å². The van der Waals surface area contributed by atoms with E-state index in [0.717, 1.165) is 5.56 Å². The molecule has 1 aromatic rings. The molecular formula is C15H24FNO2. The van der Waals surface area contributed by atoms with Crippen LogP contribution in [0.15, 0.2) is 18.2 Å². The first-order valence-electron chi connectivity index (χ1n) is 6.56.